The lowest BCUT2D eigenvalue weighted by Gasteiger charge is -2.32. The summed E-state index contributed by atoms with van der Waals surface area (Å²) in [5.41, 5.74) is 0. The number of carbonyl (C=O) groups is 1. The van der Waals surface area contributed by atoms with Crippen LogP contribution in [0.25, 0.3) is 0 Å². The second-order valence-electron chi connectivity index (χ2n) is 8.82. The molecule has 1 aliphatic heterocycles. The second kappa shape index (κ2) is 7.67. The van der Waals surface area contributed by atoms with Gasteiger partial charge in [0.25, 0.3) is 0 Å². The molecule has 2 saturated carbocycles. The molecule has 0 aromatic carbocycles. The van der Waals surface area contributed by atoms with Gasteiger partial charge in [-0.3, -0.25) is 4.79 Å². The molecule has 0 unspecified atom stereocenters. The summed E-state index contributed by atoms with van der Waals surface area (Å²) >= 11 is 0. The van der Waals surface area contributed by atoms with Crippen molar-refractivity contribution in [1.82, 2.24) is 24.6 Å². The molecule has 1 aromatic heterocycles. The summed E-state index contributed by atoms with van der Waals surface area (Å²) in [7, 11) is 4.17. The van der Waals surface area contributed by atoms with Crippen molar-refractivity contribution >= 4 is 5.91 Å². The maximum atomic E-state index is 12.6. The van der Waals surface area contributed by atoms with Crippen molar-refractivity contribution in [1.29, 1.82) is 0 Å². The van der Waals surface area contributed by atoms with Crippen LogP contribution in [-0.4, -0.2) is 57.7 Å². The number of carbonyl (C=O) groups excluding carboxylic acids is 1. The Kier molecular flexibility index (Phi) is 5.30. The Hall–Kier alpha value is -1.43. The SMILES string of the molecule is CN(C)Cc1nnc(C2CCN(C(=O)CC3CCCC3)CC2)n1C1CC1. The highest BCUT2D eigenvalue weighted by Crippen LogP contribution is 2.40. The summed E-state index contributed by atoms with van der Waals surface area (Å²) in [5, 5.41) is 9.10. The topological polar surface area (TPSA) is 54.3 Å². The number of piperidine rings is 1. The zero-order chi connectivity index (χ0) is 18.1. The molecule has 0 bridgehead atoms. The quantitative estimate of drug-likeness (QED) is 0.784. The average Bonchev–Trinajstić information content (AvgIpc) is 3.17. The number of likely N-dealkylation sites (tertiary alicyclic amines) is 1. The predicted octanol–water partition coefficient (Wildman–Crippen LogP) is 2.96. The van der Waals surface area contributed by atoms with Gasteiger partial charge >= 0.3 is 0 Å². The number of rotatable bonds is 6. The zero-order valence-electron chi connectivity index (χ0n) is 16.4. The molecule has 2 aliphatic carbocycles. The normalized spacial score (nSPS) is 22.5. The third-order valence-corrected chi connectivity index (χ3v) is 6.31. The average molecular weight is 360 g/mol. The highest BCUT2D eigenvalue weighted by Gasteiger charge is 2.34. The summed E-state index contributed by atoms with van der Waals surface area (Å²) in [6, 6.07) is 0.608. The van der Waals surface area contributed by atoms with E-state index in [0.29, 0.717) is 23.8 Å². The molecular formula is C20H33N5O. The number of aromatic nitrogens is 3. The van der Waals surface area contributed by atoms with Crippen LogP contribution >= 0.6 is 0 Å². The fourth-order valence-corrected chi connectivity index (χ4v) is 4.71. The molecule has 1 saturated heterocycles. The van der Waals surface area contributed by atoms with E-state index in [1.165, 1.54) is 44.3 Å². The molecule has 2 heterocycles. The van der Waals surface area contributed by atoms with Gasteiger partial charge in [-0.25, -0.2) is 0 Å². The number of nitrogens with zero attached hydrogens (tertiary/aromatic N) is 5. The van der Waals surface area contributed by atoms with E-state index in [-0.39, 0.29) is 0 Å². The van der Waals surface area contributed by atoms with E-state index in [0.717, 1.165) is 44.7 Å². The largest absolute Gasteiger partial charge is 0.343 e. The van der Waals surface area contributed by atoms with Gasteiger partial charge < -0.3 is 14.4 Å². The van der Waals surface area contributed by atoms with Gasteiger partial charge in [0.05, 0.1) is 6.54 Å². The van der Waals surface area contributed by atoms with Gasteiger partial charge in [0.1, 0.15) is 11.6 Å². The molecule has 0 radical (unpaired) electrons. The number of amides is 1. The molecule has 6 heteroatoms. The monoisotopic (exact) mass is 359 g/mol. The van der Waals surface area contributed by atoms with Crippen molar-refractivity contribution < 1.29 is 4.79 Å². The summed E-state index contributed by atoms with van der Waals surface area (Å²) in [6.07, 6.45) is 10.5. The van der Waals surface area contributed by atoms with Crippen molar-refractivity contribution in [3.63, 3.8) is 0 Å². The molecule has 3 fully saturated rings. The molecule has 144 valence electrons. The Balaban J connectivity index is 1.37. The van der Waals surface area contributed by atoms with Crippen LogP contribution in [0.2, 0.25) is 0 Å². The second-order valence-corrected chi connectivity index (χ2v) is 8.82. The Morgan fingerprint density at radius 2 is 1.73 bits per heavy atom. The minimum Gasteiger partial charge on any atom is -0.343 e. The van der Waals surface area contributed by atoms with Crippen LogP contribution in [0.15, 0.2) is 0 Å². The smallest absolute Gasteiger partial charge is 0.222 e. The van der Waals surface area contributed by atoms with Crippen LogP contribution < -0.4 is 0 Å². The molecule has 1 aromatic rings. The van der Waals surface area contributed by atoms with Crippen molar-refractivity contribution in [3.8, 4) is 0 Å². The third kappa shape index (κ3) is 3.95. The maximum Gasteiger partial charge on any atom is 0.222 e. The summed E-state index contributed by atoms with van der Waals surface area (Å²) < 4.78 is 2.42. The van der Waals surface area contributed by atoms with Crippen molar-refractivity contribution in [3.05, 3.63) is 11.6 Å². The molecule has 26 heavy (non-hydrogen) atoms. The van der Waals surface area contributed by atoms with Crippen LogP contribution in [-0.2, 0) is 11.3 Å². The Bertz CT molecular complexity index is 622. The molecule has 0 N–H and O–H groups in total. The van der Waals surface area contributed by atoms with Crippen LogP contribution in [0.1, 0.15) is 81.4 Å². The first-order valence-corrected chi connectivity index (χ1v) is 10.5. The van der Waals surface area contributed by atoms with E-state index in [2.05, 4.69) is 38.7 Å². The van der Waals surface area contributed by atoms with Gasteiger partial charge in [-0.05, 0) is 58.5 Å². The lowest BCUT2D eigenvalue weighted by atomic mass is 9.94. The van der Waals surface area contributed by atoms with Gasteiger partial charge in [-0.1, -0.05) is 12.8 Å². The molecule has 1 amide bonds. The zero-order valence-corrected chi connectivity index (χ0v) is 16.4. The Labute approximate surface area is 156 Å². The van der Waals surface area contributed by atoms with Crippen LogP contribution in [0, 0.1) is 5.92 Å². The highest BCUT2D eigenvalue weighted by atomic mass is 16.2. The molecular weight excluding hydrogens is 326 g/mol. The van der Waals surface area contributed by atoms with Gasteiger partial charge in [0.15, 0.2) is 0 Å². The van der Waals surface area contributed by atoms with E-state index in [1.54, 1.807) is 0 Å². The summed E-state index contributed by atoms with van der Waals surface area (Å²) in [6.45, 7) is 2.62. The fraction of sp³-hybridized carbons (Fsp3) is 0.850. The van der Waals surface area contributed by atoms with E-state index < -0.39 is 0 Å². The number of hydrogen-bond acceptors (Lipinski definition) is 4. The van der Waals surface area contributed by atoms with Crippen molar-refractivity contribution in [2.24, 2.45) is 5.92 Å². The van der Waals surface area contributed by atoms with Gasteiger partial charge in [-0.2, -0.15) is 0 Å². The predicted molar refractivity (Wildman–Crippen MR) is 101 cm³/mol. The number of hydrogen-bond donors (Lipinski definition) is 0. The standard InChI is InChI=1S/C20H33N5O/c1-23(2)14-18-21-22-20(25(18)17-7-8-17)16-9-11-24(12-10-16)19(26)13-15-5-3-4-6-15/h15-17H,3-14H2,1-2H3. The van der Waals surface area contributed by atoms with E-state index >= 15 is 0 Å². The molecule has 6 nitrogen and oxygen atoms in total. The lowest BCUT2D eigenvalue weighted by Crippen LogP contribution is -2.39. The fourth-order valence-electron chi connectivity index (χ4n) is 4.71. The van der Waals surface area contributed by atoms with Crippen LogP contribution in [0.4, 0.5) is 0 Å². The van der Waals surface area contributed by atoms with Gasteiger partial charge in [-0.15, -0.1) is 10.2 Å². The molecule has 4 rings (SSSR count). The van der Waals surface area contributed by atoms with Gasteiger partial charge in [0.2, 0.25) is 5.91 Å². The Morgan fingerprint density at radius 1 is 1.04 bits per heavy atom. The summed E-state index contributed by atoms with van der Waals surface area (Å²) in [4.78, 5) is 16.9. The molecule has 3 aliphatic rings. The van der Waals surface area contributed by atoms with E-state index in [1.807, 2.05) is 0 Å². The van der Waals surface area contributed by atoms with E-state index in [4.69, 9.17) is 0 Å². The first-order valence-electron chi connectivity index (χ1n) is 10.5. The van der Waals surface area contributed by atoms with Gasteiger partial charge in [0, 0.05) is 31.5 Å². The highest BCUT2D eigenvalue weighted by molar-refractivity contribution is 5.76. The van der Waals surface area contributed by atoms with Crippen LogP contribution in [0.3, 0.4) is 0 Å². The minimum atomic E-state index is 0.382. The minimum absolute atomic E-state index is 0.382. The molecule has 0 spiro atoms. The van der Waals surface area contributed by atoms with E-state index in [9.17, 15) is 4.79 Å². The molecule has 0 atom stereocenters. The lowest BCUT2D eigenvalue weighted by molar-refractivity contribution is -0.133. The van der Waals surface area contributed by atoms with Crippen LogP contribution in [0.5, 0.6) is 0 Å². The Morgan fingerprint density at radius 3 is 2.35 bits per heavy atom. The third-order valence-electron chi connectivity index (χ3n) is 6.31. The summed E-state index contributed by atoms with van der Waals surface area (Å²) in [5.74, 6) is 3.76. The first kappa shape index (κ1) is 18.0. The first-order chi connectivity index (χ1) is 12.6. The maximum absolute atomic E-state index is 12.6. The van der Waals surface area contributed by atoms with Crippen molar-refractivity contribution in [2.45, 2.75) is 76.3 Å². The van der Waals surface area contributed by atoms with Crippen molar-refractivity contribution in [2.75, 3.05) is 27.2 Å².